The highest BCUT2D eigenvalue weighted by atomic mass is 16.5. The summed E-state index contributed by atoms with van der Waals surface area (Å²) in [6.07, 6.45) is 0.883. The Balaban J connectivity index is 1.80. The molecule has 0 aliphatic carbocycles. The van der Waals surface area contributed by atoms with Crippen molar-refractivity contribution >= 4 is 11.6 Å². The third-order valence-corrected chi connectivity index (χ3v) is 3.96. The molecule has 0 aliphatic rings. The molecule has 0 spiro atoms. The van der Waals surface area contributed by atoms with E-state index in [1.807, 2.05) is 67.3 Å². The molecular weight excluding hydrogens is 300 g/mol. The molecule has 0 heterocycles. The molecule has 0 radical (unpaired) electrons. The molecule has 2 aromatic carbocycles. The fourth-order valence-electron chi connectivity index (χ4n) is 2.61. The average Bonchev–Trinajstić information content (AvgIpc) is 2.60. The van der Waals surface area contributed by atoms with Crippen LogP contribution in [-0.2, 0) is 11.2 Å². The lowest BCUT2D eigenvalue weighted by atomic mass is 10.1. The van der Waals surface area contributed by atoms with Gasteiger partial charge in [0.05, 0.1) is 13.7 Å². The second kappa shape index (κ2) is 9.08. The first-order valence-corrected chi connectivity index (χ1v) is 8.34. The monoisotopic (exact) mass is 326 g/mol. The second-order valence-electron chi connectivity index (χ2n) is 5.75. The number of aryl methyl sites for hydroxylation is 1. The van der Waals surface area contributed by atoms with E-state index in [1.54, 1.807) is 7.11 Å². The van der Waals surface area contributed by atoms with Crippen LogP contribution in [0.2, 0.25) is 0 Å². The SMILES string of the molecule is CCN(C(=O)CNCCc1ccc(OC)cc1)c1cccc(C)c1. The van der Waals surface area contributed by atoms with Gasteiger partial charge in [-0.2, -0.15) is 0 Å². The summed E-state index contributed by atoms with van der Waals surface area (Å²) in [5.41, 5.74) is 3.34. The number of likely N-dealkylation sites (N-methyl/N-ethyl adjacent to an activating group) is 1. The van der Waals surface area contributed by atoms with Crippen molar-refractivity contribution in [1.82, 2.24) is 5.32 Å². The molecule has 0 bridgehead atoms. The molecule has 0 atom stereocenters. The summed E-state index contributed by atoms with van der Waals surface area (Å²) >= 11 is 0. The minimum absolute atomic E-state index is 0.0952. The van der Waals surface area contributed by atoms with E-state index in [9.17, 15) is 4.79 Å². The molecule has 0 saturated carbocycles. The molecule has 0 aliphatic heterocycles. The summed E-state index contributed by atoms with van der Waals surface area (Å²) < 4.78 is 5.15. The Labute approximate surface area is 144 Å². The number of nitrogens with one attached hydrogen (secondary N) is 1. The minimum Gasteiger partial charge on any atom is -0.497 e. The first-order valence-electron chi connectivity index (χ1n) is 8.34. The predicted octanol–water partition coefficient (Wildman–Crippen LogP) is 3.19. The topological polar surface area (TPSA) is 41.6 Å². The Hall–Kier alpha value is -2.33. The van der Waals surface area contributed by atoms with Crippen molar-refractivity contribution in [3.63, 3.8) is 0 Å². The van der Waals surface area contributed by atoms with Gasteiger partial charge in [-0.05, 0) is 62.2 Å². The Morgan fingerprint density at radius 2 is 1.92 bits per heavy atom. The van der Waals surface area contributed by atoms with Gasteiger partial charge >= 0.3 is 0 Å². The Morgan fingerprint density at radius 1 is 1.17 bits per heavy atom. The molecule has 0 saturated heterocycles. The van der Waals surface area contributed by atoms with Gasteiger partial charge in [-0.1, -0.05) is 24.3 Å². The van der Waals surface area contributed by atoms with Gasteiger partial charge in [0, 0.05) is 12.2 Å². The first kappa shape index (κ1) is 18.0. The van der Waals surface area contributed by atoms with Gasteiger partial charge in [-0.25, -0.2) is 0 Å². The predicted molar refractivity (Wildman–Crippen MR) is 98.8 cm³/mol. The number of anilines is 1. The standard InChI is InChI=1S/C20H26N2O2/c1-4-22(18-7-5-6-16(2)14-18)20(23)15-21-13-12-17-8-10-19(24-3)11-9-17/h5-11,14,21H,4,12-13,15H2,1-3H3. The van der Waals surface area contributed by atoms with Crippen LogP contribution in [0, 0.1) is 6.92 Å². The van der Waals surface area contributed by atoms with Crippen LogP contribution in [0.15, 0.2) is 48.5 Å². The number of amides is 1. The fourth-order valence-corrected chi connectivity index (χ4v) is 2.61. The molecule has 1 N–H and O–H groups in total. The Kier molecular flexibility index (Phi) is 6.82. The lowest BCUT2D eigenvalue weighted by Gasteiger charge is -2.21. The van der Waals surface area contributed by atoms with Crippen LogP contribution in [0.4, 0.5) is 5.69 Å². The average molecular weight is 326 g/mol. The van der Waals surface area contributed by atoms with Gasteiger partial charge in [-0.15, -0.1) is 0 Å². The summed E-state index contributed by atoms with van der Waals surface area (Å²) in [7, 11) is 1.66. The molecule has 0 unspecified atom stereocenters. The largest absolute Gasteiger partial charge is 0.497 e. The van der Waals surface area contributed by atoms with Crippen LogP contribution < -0.4 is 15.0 Å². The van der Waals surface area contributed by atoms with Crippen LogP contribution in [0.3, 0.4) is 0 Å². The third-order valence-electron chi connectivity index (χ3n) is 3.96. The number of carbonyl (C=O) groups excluding carboxylic acids is 1. The maximum Gasteiger partial charge on any atom is 0.240 e. The highest BCUT2D eigenvalue weighted by Gasteiger charge is 2.13. The van der Waals surface area contributed by atoms with E-state index in [4.69, 9.17) is 4.74 Å². The van der Waals surface area contributed by atoms with Gasteiger partial charge < -0.3 is 15.0 Å². The van der Waals surface area contributed by atoms with E-state index in [0.29, 0.717) is 13.1 Å². The van der Waals surface area contributed by atoms with E-state index < -0.39 is 0 Å². The third kappa shape index (κ3) is 5.10. The van der Waals surface area contributed by atoms with Crippen molar-refractivity contribution in [3.8, 4) is 5.75 Å². The van der Waals surface area contributed by atoms with Crippen molar-refractivity contribution in [2.75, 3.05) is 31.6 Å². The molecule has 2 rings (SSSR count). The Morgan fingerprint density at radius 3 is 2.54 bits per heavy atom. The first-order chi connectivity index (χ1) is 11.6. The van der Waals surface area contributed by atoms with Gasteiger partial charge in [0.25, 0.3) is 0 Å². The van der Waals surface area contributed by atoms with E-state index >= 15 is 0 Å². The maximum atomic E-state index is 12.4. The molecule has 1 amide bonds. The molecule has 128 valence electrons. The number of benzene rings is 2. The minimum atomic E-state index is 0.0952. The van der Waals surface area contributed by atoms with Crippen molar-refractivity contribution in [2.24, 2.45) is 0 Å². The molecule has 0 aromatic heterocycles. The van der Waals surface area contributed by atoms with Crippen molar-refractivity contribution in [2.45, 2.75) is 20.3 Å². The van der Waals surface area contributed by atoms with Gasteiger partial charge in [0.1, 0.15) is 5.75 Å². The van der Waals surface area contributed by atoms with Crippen molar-refractivity contribution in [1.29, 1.82) is 0 Å². The van der Waals surface area contributed by atoms with E-state index in [2.05, 4.69) is 5.32 Å². The number of rotatable bonds is 8. The number of hydrogen-bond acceptors (Lipinski definition) is 3. The molecule has 4 heteroatoms. The lowest BCUT2D eigenvalue weighted by Crippen LogP contribution is -2.38. The summed E-state index contributed by atoms with van der Waals surface area (Å²) in [6.45, 7) is 5.82. The number of ether oxygens (including phenoxy) is 1. The summed E-state index contributed by atoms with van der Waals surface area (Å²) in [6, 6.07) is 16.0. The highest BCUT2D eigenvalue weighted by molar-refractivity contribution is 5.94. The van der Waals surface area contributed by atoms with Crippen LogP contribution in [0.1, 0.15) is 18.1 Å². The zero-order valence-electron chi connectivity index (χ0n) is 14.7. The van der Waals surface area contributed by atoms with Crippen LogP contribution in [0.25, 0.3) is 0 Å². The quantitative estimate of drug-likeness (QED) is 0.758. The van der Waals surface area contributed by atoms with Gasteiger partial charge in [0.15, 0.2) is 0 Å². The normalized spacial score (nSPS) is 10.5. The number of carbonyl (C=O) groups is 1. The zero-order chi connectivity index (χ0) is 17.4. The molecular formula is C20H26N2O2. The Bertz CT molecular complexity index is 653. The lowest BCUT2D eigenvalue weighted by molar-refractivity contribution is -0.117. The van der Waals surface area contributed by atoms with E-state index in [-0.39, 0.29) is 5.91 Å². The molecule has 0 fully saturated rings. The summed E-state index contributed by atoms with van der Waals surface area (Å²) in [5, 5.41) is 3.24. The summed E-state index contributed by atoms with van der Waals surface area (Å²) in [5.74, 6) is 0.955. The van der Waals surface area contributed by atoms with Gasteiger partial charge in [0.2, 0.25) is 5.91 Å². The zero-order valence-corrected chi connectivity index (χ0v) is 14.7. The number of nitrogens with zero attached hydrogens (tertiary/aromatic N) is 1. The van der Waals surface area contributed by atoms with E-state index in [1.165, 1.54) is 5.56 Å². The molecule has 24 heavy (non-hydrogen) atoms. The maximum absolute atomic E-state index is 12.4. The van der Waals surface area contributed by atoms with Crippen LogP contribution >= 0.6 is 0 Å². The molecule has 4 nitrogen and oxygen atoms in total. The van der Waals surface area contributed by atoms with Crippen molar-refractivity contribution in [3.05, 3.63) is 59.7 Å². The smallest absolute Gasteiger partial charge is 0.240 e. The second-order valence-corrected chi connectivity index (χ2v) is 5.75. The molecule has 2 aromatic rings. The van der Waals surface area contributed by atoms with Crippen molar-refractivity contribution < 1.29 is 9.53 Å². The van der Waals surface area contributed by atoms with Gasteiger partial charge in [-0.3, -0.25) is 4.79 Å². The van der Waals surface area contributed by atoms with E-state index in [0.717, 1.165) is 30.0 Å². The number of hydrogen-bond donors (Lipinski definition) is 1. The summed E-state index contributed by atoms with van der Waals surface area (Å²) in [4.78, 5) is 14.2. The van der Waals surface area contributed by atoms with Crippen LogP contribution in [0.5, 0.6) is 5.75 Å². The van der Waals surface area contributed by atoms with Crippen LogP contribution in [-0.4, -0.2) is 32.7 Å². The highest BCUT2D eigenvalue weighted by Crippen LogP contribution is 2.15. The fraction of sp³-hybridized carbons (Fsp3) is 0.350. The number of methoxy groups -OCH3 is 1.